The first-order valence-electron chi connectivity index (χ1n) is 9.93. The van der Waals surface area contributed by atoms with Gasteiger partial charge in [0.05, 0.1) is 28.5 Å². The maximum absolute atomic E-state index is 12.2. The van der Waals surface area contributed by atoms with Gasteiger partial charge in [-0.3, -0.25) is 19.3 Å². The first kappa shape index (κ1) is 25.7. The number of aromatic nitrogens is 1. The summed E-state index contributed by atoms with van der Waals surface area (Å²) in [5.74, 6) is -1.73. The van der Waals surface area contributed by atoms with Gasteiger partial charge in [0.1, 0.15) is 12.2 Å². The van der Waals surface area contributed by atoms with Crippen LogP contribution in [0.15, 0.2) is 27.9 Å². The molecule has 1 saturated heterocycles. The Morgan fingerprint density at radius 1 is 1.27 bits per heavy atom. The fourth-order valence-electron chi connectivity index (χ4n) is 3.02. The van der Waals surface area contributed by atoms with Crippen molar-refractivity contribution in [3.8, 4) is 0 Å². The quantitative estimate of drug-likeness (QED) is 0.398. The van der Waals surface area contributed by atoms with Crippen molar-refractivity contribution in [3.05, 3.63) is 44.9 Å². The highest BCUT2D eigenvalue weighted by atomic mass is 35.5. The number of nitrogens with one attached hydrogen (secondary N) is 2. The van der Waals surface area contributed by atoms with Crippen LogP contribution in [0.1, 0.15) is 16.1 Å². The van der Waals surface area contributed by atoms with Crippen molar-refractivity contribution in [3.63, 3.8) is 0 Å². The predicted molar refractivity (Wildman–Crippen MR) is 127 cm³/mol. The molecule has 0 spiro atoms. The van der Waals surface area contributed by atoms with Crippen molar-refractivity contribution < 1.29 is 24.2 Å². The molecule has 3 rings (SSSR count). The Bertz CT molecular complexity index is 1010. The third-order valence-electron chi connectivity index (χ3n) is 4.58. The summed E-state index contributed by atoms with van der Waals surface area (Å²) in [6.45, 7) is 2.66. The van der Waals surface area contributed by atoms with Crippen molar-refractivity contribution in [1.29, 1.82) is 0 Å². The van der Waals surface area contributed by atoms with E-state index in [1.165, 1.54) is 28.5 Å². The third-order valence-corrected chi connectivity index (χ3v) is 7.34. The maximum Gasteiger partial charge on any atom is 0.322 e. The number of carbonyl (C=O) groups excluding carboxylic acids is 2. The summed E-state index contributed by atoms with van der Waals surface area (Å²) in [6, 6.07) is 5.58. The molecule has 1 fully saturated rings. The number of carbonyl (C=O) groups is 3. The highest BCUT2D eigenvalue weighted by Crippen LogP contribution is 2.24. The largest absolute Gasteiger partial charge is 0.480 e. The van der Waals surface area contributed by atoms with Crippen molar-refractivity contribution in [2.75, 3.05) is 38.5 Å². The Kier molecular flexibility index (Phi) is 9.78. The molecule has 0 radical (unpaired) electrons. The molecular weight excluding hydrogens is 511 g/mol. The van der Waals surface area contributed by atoms with Crippen molar-refractivity contribution in [2.45, 2.75) is 17.0 Å². The standard InChI is InChI=1S/C20H22Cl2N4O5S2/c21-14-2-1-12(5-15(14)22)8-26-3-4-31-13(9-26)6-23-17(27)11-33-20-25-16(10-32-20)19(30)24-7-18(28)29/h1-2,5,10,13H,3-4,6-9,11H2,(H,23,27)(H,24,30)(H,28,29)/t13-/m0/s1. The number of hydrogen-bond acceptors (Lipinski definition) is 8. The third kappa shape index (κ3) is 8.43. The van der Waals surface area contributed by atoms with E-state index in [0.29, 0.717) is 40.6 Å². The fourth-order valence-corrected chi connectivity index (χ4v) is 4.98. The smallest absolute Gasteiger partial charge is 0.322 e. The summed E-state index contributed by atoms with van der Waals surface area (Å²) in [4.78, 5) is 40.9. The van der Waals surface area contributed by atoms with Gasteiger partial charge in [-0.25, -0.2) is 4.98 Å². The number of aliphatic carboxylic acids is 1. The molecule has 0 saturated carbocycles. The lowest BCUT2D eigenvalue weighted by atomic mass is 10.2. The molecular formula is C20H22Cl2N4O5S2. The molecule has 2 heterocycles. The van der Waals surface area contributed by atoms with Gasteiger partial charge in [0.2, 0.25) is 5.91 Å². The van der Waals surface area contributed by atoms with Crippen LogP contribution < -0.4 is 10.6 Å². The monoisotopic (exact) mass is 532 g/mol. The second-order valence-corrected chi connectivity index (χ2v) is 10.0. The molecule has 1 aromatic heterocycles. The summed E-state index contributed by atoms with van der Waals surface area (Å²) in [7, 11) is 0. The lowest BCUT2D eigenvalue weighted by Crippen LogP contribution is -2.47. The fraction of sp³-hybridized carbons (Fsp3) is 0.400. The van der Waals surface area contributed by atoms with Gasteiger partial charge >= 0.3 is 5.97 Å². The molecule has 1 atom stereocenters. The molecule has 0 bridgehead atoms. The molecule has 3 N–H and O–H groups in total. The normalized spacial score (nSPS) is 16.4. The number of carboxylic acid groups (broad SMARTS) is 1. The molecule has 13 heteroatoms. The van der Waals surface area contributed by atoms with Crippen LogP contribution in [0, 0.1) is 0 Å². The van der Waals surface area contributed by atoms with Crippen LogP contribution in [0.3, 0.4) is 0 Å². The number of nitrogens with zero attached hydrogens (tertiary/aromatic N) is 2. The summed E-state index contributed by atoms with van der Waals surface area (Å²) >= 11 is 14.5. The molecule has 0 unspecified atom stereocenters. The summed E-state index contributed by atoms with van der Waals surface area (Å²) in [5.41, 5.74) is 1.19. The number of amides is 2. The summed E-state index contributed by atoms with van der Waals surface area (Å²) in [5, 5.41) is 16.3. The number of halogens is 2. The van der Waals surface area contributed by atoms with Gasteiger partial charge in [-0.2, -0.15) is 0 Å². The van der Waals surface area contributed by atoms with Crippen molar-refractivity contribution in [1.82, 2.24) is 20.5 Å². The van der Waals surface area contributed by atoms with Crippen molar-refractivity contribution in [2.24, 2.45) is 0 Å². The van der Waals surface area contributed by atoms with Crippen LogP contribution >= 0.6 is 46.3 Å². The number of rotatable bonds is 10. The molecule has 2 amide bonds. The van der Waals surface area contributed by atoms with Gasteiger partial charge in [0.15, 0.2) is 4.34 Å². The average molecular weight is 533 g/mol. The molecule has 0 aliphatic carbocycles. The van der Waals surface area contributed by atoms with E-state index < -0.39 is 18.4 Å². The number of hydrogen-bond donors (Lipinski definition) is 3. The number of thiazole rings is 1. The molecule has 1 aliphatic heterocycles. The Hall–Kier alpha value is -1.89. The summed E-state index contributed by atoms with van der Waals surface area (Å²) < 4.78 is 6.31. The zero-order valence-electron chi connectivity index (χ0n) is 17.4. The molecule has 1 aromatic carbocycles. The van der Waals surface area contributed by atoms with E-state index in [9.17, 15) is 14.4 Å². The number of benzene rings is 1. The van der Waals surface area contributed by atoms with Crippen LogP contribution in [0.25, 0.3) is 0 Å². The van der Waals surface area contributed by atoms with Gasteiger partial charge in [-0.1, -0.05) is 41.0 Å². The Morgan fingerprint density at radius 2 is 2.09 bits per heavy atom. The first-order valence-corrected chi connectivity index (χ1v) is 12.5. The lowest BCUT2D eigenvalue weighted by Gasteiger charge is -2.33. The molecule has 1 aliphatic rings. The van der Waals surface area contributed by atoms with Crippen LogP contribution in [0.5, 0.6) is 0 Å². The topological polar surface area (TPSA) is 121 Å². The van der Waals surface area contributed by atoms with Gasteiger partial charge < -0.3 is 20.5 Å². The van der Waals surface area contributed by atoms with Crippen molar-refractivity contribution >= 4 is 64.1 Å². The molecule has 178 valence electrons. The molecule has 9 nitrogen and oxygen atoms in total. The number of thioether (sulfide) groups is 1. The van der Waals surface area contributed by atoms with Crippen LogP contribution in [0.2, 0.25) is 10.0 Å². The van der Waals surface area contributed by atoms with Gasteiger partial charge in [0.25, 0.3) is 5.91 Å². The van der Waals surface area contributed by atoms with Crippen LogP contribution in [0.4, 0.5) is 0 Å². The minimum atomic E-state index is -1.13. The van der Waals surface area contributed by atoms with Crippen LogP contribution in [-0.2, 0) is 20.9 Å². The van der Waals surface area contributed by atoms with E-state index >= 15 is 0 Å². The average Bonchev–Trinajstić information content (AvgIpc) is 3.26. The molecule has 33 heavy (non-hydrogen) atoms. The van der Waals surface area contributed by atoms with Gasteiger partial charge in [-0.15, -0.1) is 11.3 Å². The predicted octanol–water partition coefficient (Wildman–Crippen LogP) is 2.37. The zero-order valence-corrected chi connectivity index (χ0v) is 20.5. The zero-order chi connectivity index (χ0) is 23.8. The number of carboxylic acids is 1. The van der Waals surface area contributed by atoms with E-state index in [-0.39, 0.29) is 23.5 Å². The Labute approximate surface area is 208 Å². The highest BCUT2D eigenvalue weighted by Gasteiger charge is 2.21. The van der Waals surface area contributed by atoms with E-state index in [4.69, 9.17) is 33.0 Å². The van der Waals surface area contributed by atoms with E-state index in [0.717, 1.165) is 12.1 Å². The summed E-state index contributed by atoms with van der Waals surface area (Å²) in [6.07, 6.45) is -0.125. The van der Waals surface area contributed by atoms with Gasteiger partial charge in [-0.05, 0) is 17.7 Å². The van der Waals surface area contributed by atoms with E-state index in [1.54, 1.807) is 6.07 Å². The van der Waals surface area contributed by atoms with Gasteiger partial charge in [0, 0.05) is 31.6 Å². The first-order chi connectivity index (χ1) is 15.8. The second kappa shape index (κ2) is 12.5. The van der Waals surface area contributed by atoms with Crippen LogP contribution in [-0.4, -0.2) is 77.4 Å². The number of morpholine rings is 1. The second-order valence-electron chi connectivity index (χ2n) is 7.14. The minimum absolute atomic E-state index is 0.125. The Balaban J connectivity index is 1.38. The highest BCUT2D eigenvalue weighted by molar-refractivity contribution is 8.01. The van der Waals surface area contributed by atoms with E-state index in [2.05, 4.69) is 20.5 Å². The number of ether oxygens (including phenoxy) is 1. The minimum Gasteiger partial charge on any atom is -0.480 e. The Morgan fingerprint density at radius 3 is 2.85 bits per heavy atom. The SMILES string of the molecule is O=C(O)CNC(=O)c1csc(SCC(=O)NC[C@H]2CN(Cc3ccc(Cl)c(Cl)c3)CCO2)n1. The van der Waals surface area contributed by atoms with E-state index in [1.807, 2.05) is 12.1 Å². The lowest BCUT2D eigenvalue weighted by molar-refractivity contribution is -0.135. The molecule has 2 aromatic rings. The maximum atomic E-state index is 12.2.